The molecule has 0 bridgehead atoms. The summed E-state index contributed by atoms with van der Waals surface area (Å²) in [6, 6.07) is 9.95. The van der Waals surface area contributed by atoms with Crippen LogP contribution in [0.4, 0.5) is 8.78 Å². The van der Waals surface area contributed by atoms with Crippen LogP contribution in [-0.2, 0) is 0 Å². The quantitative estimate of drug-likeness (QED) is 0.494. The molecule has 0 aliphatic carbocycles. The Hall–Kier alpha value is -3.88. The molecule has 0 saturated carbocycles. The van der Waals surface area contributed by atoms with Gasteiger partial charge in [0.25, 0.3) is 0 Å². The topological polar surface area (TPSA) is 88.2 Å². The third-order valence-electron chi connectivity index (χ3n) is 4.96. The highest BCUT2D eigenvalue weighted by Crippen LogP contribution is 2.28. The first kappa shape index (κ1) is 17.2. The van der Waals surface area contributed by atoms with Gasteiger partial charge in [-0.15, -0.1) is 0 Å². The number of H-pyrrole nitrogens is 1. The van der Waals surface area contributed by atoms with Gasteiger partial charge in [0.15, 0.2) is 11.1 Å². The van der Waals surface area contributed by atoms with Gasteiger partial charge in [0, 0.05) is 11.5 Å². The van der Waals surface area contributed by atoms with Crippen LogP contribution in [0.5, 0.6) is 0 Å². The zero-order valence-corrected chi connectivity index (χ0v) is 15.3. The van der Waals surface area contributed by atoms with Gasteiger partial charge >= 0.3 is 0 Å². The summed E-state index contributed by atoms with van der Waals surface area (Å²) in [4.78, 5) is 11.3. The molecule has 3 aromatic heterocycles. The summed E-state index contributed by atoms with van der Waals surface area (Å²) in [6.07, 6.45) is 3.02. The van der Waals surface area contributed by atoms with Crippen molar-refractivity contribution in [1.82, 2.24) is 29.3 Å². The fourth-order valence-corrected chi connectivity index (χ4v) is 3.51. The van der Waals surface area contributed by atoms with E-state index in [4.69, 9.17) is 5.41 Å². The van der Waals surface area contributed by atoms with Crippen LogP contribution in [0.1, 0.15) is 18.7 Å². The third-order valence-corrected chi connectivity index (χ3v) is 4.96. The second kappa shape index (κ2) is 6.33. The second-order valence-corrected chi connectivity index (χ2v) is 6.72. The van der Waals surface area contributed by atoms with E-state index in [1.165, 1.54) is 41.6 Å². The summed E-state index contributed by atoms with van der Waals surface area (Å²) in [5, 5.41) is 13.8. The first-order valence-corrected chi connectivity index (χ1v) is 8.92. The molecule has 9 heteroatoms. The maximum absolute atomic E-state index is 14.0. The number of hydrogen-bond acceptors (Lipinski definition) is 4. The van der Waals surface area contributed by atoms with Crippen molar-refractivity contribution in [3.05, 3.63) is 77.9 Å². The van der Waals surface area contributed by atoms with Gasteiger partial charge in [0.2, 0.25) is 0 Å². The molecule has 1 atom stereocenters. The smallest absolute Gasteiger partial charge is 0.182 e. The van der Waals surface area contributed by atoms with Gasteiger partial charge in [-0.1, -0.05) is 6.07 Å². The molecule has 0 amide bonds. The fraction of sp³-hybridized carbons (Fsp3) is 0.100. The summed E-state index contributed by atoms with van der Waals surface area (Å²) in [5.41, 5.74) is 2.78. The van der Waals surface area contributed by atoms with Gasteiger partial charge in [-0.3, -0.25) is 5.41 Å². The Morgan fingerprint density at radius 1 is 1.07 bits per heavy atom. The maximum Gasteiger partial charge on any atom is 0.182 e. The summed E-state index contributed by atoms with van der Waals surface area (Å²) >= 11 is 0. The van der Waals surface area contributed by atoms with Crippen LogP contribution in [0.25, 0.3) is 27.8 Å². The number of benzene rings is 2. The Balaban J connectivity index is 1.74. The summed E-state index contributed by atoms with van der Waals surface area (Å²) in [6.45, 7) is 1.88. The fourth-order valence-electron chi connectivity index (χ4n) is 3.51. The molecule has 5 rings (SSSR count). The van der Waals surface area contributed by atoms with Gasteiger partial charge in [-0.05, 0) is 37.3 Å². The van der Waals surface area contributed by atoms with Crippen LogP contribution in [0.3, 0.4) is 0 Å². The van der Waals surface area contributed by atoms with Gasteiger partial charge < -0.3 is 9.55 Å². The number of nitrogens with zero attached hydrogens (tertiary/aromatic N) is 5. The minimum absolute atomic E-state index is 0.204. The van der Waals surface area contributed by atoms with Crippen molar-refractivity contribution in [2.24, 2.45) is 0 Å². The van der Waals surface area contributed by atoms with Crippen molar-refractivity contribution in [2.45, 2.75) is 13.0 Å². The molecule has 29 heavy (non-hydrogen) atoms. The highest BCUT2D eigenvalue weighted by molar-refractivity contribution is 5.84. The highest BCUT2D eigenvalue weighted by Gasteiger charge is 2.20. The van der Waals surface area contributed by atoms with Crippen molar-refractivity contribution in [3.8, 4) is 5.69 Å². The van der Waals surface area contributed by atoms with E-state index in [0.717, 1.165) is 0 Å². The second-order valence-electron chi connectivity index (χ2n) is 6.72. The van der Waals surface area contributed by atoms with Crippen LogP contribution in [0, 0.1) is 17.0 Å². The van der Waals surface area contributed by atoms with Crippen LogP contribution in [0.2, 0.25) is 0 Å². The van der Waals surface area contributed by atoms with Crippen LogP contribution < -0.4 is 5.49 Å². The van der Waals surface area contributed by atoms with E-state index in [2.05, 4.69) is 20.1 Å². The first-order valence-electron chi connectivity index (χ1n) is 8.92. The minimum Gasteiger partial charge on any atom is -0.340 e. The first-order chi connectivity index (χ1) is 14.0. The Bertz CT molecular complexity index is 1430. The number of imidazole rings is 1. The van der Waals surface area contributed by atoms with Crippen molar-refractivity contribution in [1.29, 1.82) is 5.41 Å². The highest BCUT2D eigenvalue weighted by atomic mass is 19.1. The lowest BCUT2D eigenvalue weighted by molar-refractivity contribution is 0.575. The summed E-state index contributed by atoms with van der Waals surface area (Å²) in [5.74, 6) is -0.822. The number of fused-ring (bicyclic) bond motifs is 2. The third kappa shape index (κ3) is 2.70. The summed E-state index contributed by atoms with van der Waals surface area (Å²) < 4.78 is 30.9. The lowest BCUT2D eigenvalue weighted by atomic mass is 10.1. The van der Waals surface area contributed by atoms with E-state index in [0.29, 0.717) is 33.4 Å². The SMILES string of the molecule is CC(c1nn(-c2cccc(F)c2)c2cc(F)ccc12)n1cnc2nc[nH]c2c1=N. The predicted molar refractivity (Wildman–Crippen MR) is 103 cm³/mol. The standard InChI is InChI=1S/C20H15F2N7/c1-11(28-10-26-20-18(19(28)23)24-9-25-20)17-15-6-5-13(22)8-16(15)29(27-17)14-4-2-3-12(21)7-14/h2-11,23H,1H3,(H,24,25). The van der Waals surface area contributed by atoms with E-state index in [9.17, 15) is 8.78 Å². The maximum atomic E-state index is 14.0. The van der Waals surface area contributed by atoms with E-state index >= 15 is 0 Å². The van der Waals surface area contributed by atoms with Crippen molar-refractivity contribution >= 4 is 22.1 Å². The van der Waals surface area contributed by atoms with Crippen LogP contribution in [-0.4, -0.2) is 29.3 Å². The van der Waals surface area contributed by atoms with Crippen LogP contribution in [0.15, 0.2) is 55.1 Å². The molecule has 2 N–H and O–H groups in total. The molecule has 7 nitrogen and oxygen atoms in total. The number of aromatic amines is 1. The van der Waals surface area contributed by atoms with Crippen LogP contribution >= 0.6 is 0 Å². The largest absolute Gasteiger partial charge is 0.340 e. The van der Waals surface area contributed by atoms with E-state index in [1.807, 2.05) is 6.92 Å². The Morgan fingerprint density at radius 3 is 2.72 bits per heavy atom. The zero-order chi connectivity index (χ0) is 20.1. The number of aromatic nitrogens is 6. The number of halogens is 2. The Kier molecular flexibility index (Phi) is 3.76. The van der Waals surface area contributed by atoms with E-state index in [1.54, 1.807) is 22.8 Å². The Labute approximate surface area is 162 Å². The molecule has 144 valence electrons. The lowest BCUT2D eigenvalue weighted by Crippen LogP contribution is -2.25. The van der Waals surface area contributed by atoms with Crippen molar-refractivity contribution in [2.75, 3.05) is 0 Å². The molecule has 0 saturated heterocycles. The molecule has 0 aliphatic rings. The molecule has 0 spiro atoms. The molecule has 0 radical (unpaired) electrons. The molecular weight excluding hydrogens is 376 g/mol. The average Bonchev–Trinajstić information content (AvgIpc) is 3.33. The predicted octanol–water partition coefficient (Wildman–Crippen LogP) is 3.47. The monoisotopic (exact) mass is 391 g/mol. The lowest BCUT2D eigenvalue weighted by Gasteiger charge is -2.14. The molecule has 3 heterocycles. The normalized spacial score (nSPS) is 12.7. The van der Waals surface area contributed by atoms with Gasteiger partial charge in [0.05, 0.1) is 35.6 Å². The average molecular weight is 391 g/mol. The molecular formula is C20H15F2N7. The molecule has 0 fully saturated rings. The van der Waals surface area contributed by atoms with Crippen molar-refractivity contribution in [3.63, 3.8) is 0 Å². The molecule has 1 unspecified atom stereocenters. The Morgan fingerprint density at radius 2 is 1.90 bits per heavy atom. The van der Waals surface area contributed by atoms with Crippen molar-refractivity contribution < 1.29 is 8.78 Å². The van der Waals surface area contributed by atoms with Gasteiger partial charge in [-0.2, -0.15) is 5.10 Å². The van der Waals surface area contributed by atoms with E-state index in [-0.39, 0.29) is 11.5 Å². The minimum atomic E-state index is -0.413. The molecule has 5 aromatic rings. The number of rotatable bonds is 3. The van der Waals surface area contributed by atoms with Gasteiger partial charge in [0.1, 0.15) is 17.2 Å². The van der Waals surface area contributed by atoms with Gasteiger partial charge in [-0.25, -0.2) is 23.4 Å². The summed E-state index contributed by atoms with van der Waals surface area (Å²) in [7, 11) is 0. The molecule has 0 aliphatic heterocycles. The number of nitrogens with one attached hydrogen (secondary N) is 2. The van der Waals surface area contributed by atoms with E-state index < -0.39 is 11.6 Å². The zero-order valence-electron chi connectivity index (χ0n) is 15.3. The number of hydrogen-bond donors (Lipinski definition) is 2. The molecule has 2 aromatic carbocycles.